The van der Waals surface area contributed by atoms with Crippen LogP contribution in [0.5, 0.6) is 5.75 Å². The first-order valence-corrected chi connectivity index (χ1v) is 11.0. The number of methoxy groups -OCH3 is 1. The normalized spacial score (nSPS) is 13.1. The van der Waals surface area contributed by atoms with Crippen molar-refractivity contribution >= 4 is 27.3 Å². The molecule has 0 unspecified atom stereocenters. The third-order valence-electron chi connectivity index (χ3n) is 5.28. The summed E-state index contributed by atoms with van der Waals surface area (Å²) in [5.74, 6) is -0.0273. The molecule has 1 aliphatic rings. The van der Waals surface area contributed by atoms with Gasteiger partial charge >= 0.3 is 0 Å². The highest BCUT2D eigenvalue weighted by atomic mass is 32.2. The lowest BCUT2D eigenvalue weighted by atomic mass is 10.1. The maximum atomic E-state index is 13.4. The molecule has 3 aromatic rings. The zero-order chi connectivity index (χ0) is 21.3. The Hall–Kier alpha value is -3.32. The minimum atomic E-state index is -3.82. The standard InChI is InChI=1S/C23H22N2O4S/c1-24(18-9-4-3-5-10-18)23(26)20-16-19(12-13-22(20)29-2)30(27,28)25-15-14-17-8-6-7-11-21(17)25/h3-13,16H,14-15H2,1-2H3. The van der Waals surface area contributed by atoms with Crippen LogP contribution >= 0.6 is 0 Å². The first-order valence-electron chi connectivity index (χ1n) is 9.55. The third kappa shape index (κ3) is 3.41. The van der Waals surface area contributed by atoms with Crippen LogP contribution < -0.4 is 13.9 Å². The molecular weight excluding hydrogens is 400 g/mol. The smallest absolute Gasteiger partial charge is 0.264 e. The molecule has 0 aliphatic carbocycles. The highest BCUT2D eigenvalue weighted by Crippen LogP contribution is 2.34. The van der Waals surface area contributed by atoms with E-state index in [0.717, 1.165) is 5.56 Å². The van der Waals surface area contributed by atoms with Crippen LogP contribution in [0, 0.1) is 0 Å². The van der Waals surface area contributed by atoms with Gasteiger partial charge in [-0.15, -0.1) is 0 Å². The summed E-state index contributed by atoms with van der Waals surface area (Å²) in [6.07, 6.45) is 0.661. The number of hydrogen-bond acceptors (Lipinski definition) is 4. The van der Waals surface area contributed by atoms with Gasteiger partial charge < -0.3 is 9.64 Å². The van der Waals surface area contributed by atoms with Gasteiger partial charge in [0.05, 0.1) is 23.3 Å². The Morgan fingerprint density at radius 2 is 1.70 bits per heavy atom. The lowest BCUT2D eigenvalue weighted by Gasteiger charge is -2.22. The topological polar surface area (TPSA) is 66.9 Å². The fourth-order valence-electron chi connectivity index (χ4n) is 3.65. The Kier molecular flexibility index (Phi) is 5.22. The number of para-hydroxylation sites is 2. The fraction of sp³-hybridized carbons (Fsp3) is 0.174. The molecule has 154 valence electrons. The van der Waals surface area contributed by atoms with E-state index in [9.17, 15) is 13.2 Å². The second kappa shape index (κ2) is 7.84. The summed E-state index contributed by atoms with van der Waals surface area (Å²) in [4.78, 5) is 14.7. The molecule has 1 aliphatic heterocycles. The number of amides is 1. The second-order valence-corrected chi connectivity index (χ2v) is 8.88. The monoisotopic (exact) mass is 422 g/mol. The highest BCUT2D eigenvalue weighted by molar-refractivity contribution is 7.92. The Bertz CT molecular complexity index is 1190. The number of anilines is 2. The summed E-state index contributed by atoms with van der Waals surface area (Å²) >= 11 is 0. The fourth-order valence-corrected chi connectivity index (χ4v) is 5.18. The lowest BCUT2D eigenvalue weighted by molar-refractivity contribution is 0.0990. The van der Waals surface area contributed by atoms with Gasteiger partial charge in [-0.3, -0.25) is 9.10 Å². The summed E-state index contributed by atoms with van der Waals surface area (Å²) in [6, 6.07) is 21.0. The number of rotatable bonds is 5. The van der Waals surface area contributed by atoms with Crippen LogP contribution in [-0.2, 0) is 16.4 Å². The maximum absolute atomic E-state index is 13.4. The van der Waals surface area contributed by atoms with Crippen molar-refractivity contribution in [3.63, 3.8) is 0 Å². The number of hydrogen-bond donors (Lipinski definition) is 0. The van der Waals surface area contributed by atoms with Crippen LogP contribution in [-0.4, -0.2) is 35.0 Å². The molecule has 30 heavy (non-hydrogen) atoms. The number of ether oxygens (including phenoxy) is 1. The molecule has 3 aromatic carbocycles. The van der Waals surface area contributed by atoms with Crippen molar-refractivity contribution in [3.8, 4) is 5.75 Å². The van der Waals surface area contributed by atoms with Crippen molar-refractivity contribution in [1.82, 2.24) is 0 Å². The van der Waals surface area contributed by atoms with E-state index in [0.29, 0.717) is 30.1 Å². The van der Waals surface area contributed by atoms with Crippen LogP contribution in [0.3, 0.4) is 0 Å². The quantitative estimate of drug-likeness (QED) is 0.629. The molecule has 0 aromatic heterocycles. The summed E-state index contributed by atoms with van der Waals surface area (Å²) in [5, 5.41) is 0. The van der Waals surface area contributed by atoms with E-state index in [4.69, 9.17) is 4.74 Å². The van der Waals surface area contributed by atoms with Crippen molar-refractivity contribution in [3.05, 3.63) is 83.9 Å². The molecule has 0 radical (unpaired) electrons. The highest BCUT2D eigenvalue weighted by Gasteiger charge is 2.32. The van der Waals surface area contributed by atoms with Crippen molar-refractivity contribution in [2.75, 3.05) is 29.9 Å². The van der Waals surface area contributed by atoms with E-state index in [-0.39, 0.29) is 16.4 Å². The number of nitrogens with zero attached hydrogens (tertiary/aromatic N) is 2. The van der Waals surface area contributed by atoms with E-state index in [1.807, 2.05) is 48.5 Å². The molecule has 6 nitrogen and oxygen atoms in total. The first kappa shape index (κ1) is 20.0. The molecule has 1 amide bonds. The van der Waals surface area contributed by atoms with Crippen molar-refractivity contribution in [2.24, 2.45) is 0 Å². The molecule has 1 heterocycles. The van der Waals surface area contributed by atoms with Crippen molar-refractivity contribution < 1.29 is 17.9 Å². The van der Waals surface area contributed by atoms with Crippen LogP contribution in [0.25, 0.3) is 0 Å². The Morgan fingerprint density at radius 3 is 2.43 bits per heavy atom. The number of benzene rings is 3. The SMILES string of the molecule is COc1ccc(S(=O)(=O)N2CCc3ccccc32)cc1C(=O)N(C)c1ccccc1. The molecule has 0 fully saturated rings. The van der Waals surface area contributed by atoms with Crippen LogP contribution in [0.1, 0.15) is 15.9 Å². The van der Waals surface area contributed by atoms with Gasteiger partial charge in [-0.25, -0.2) is 8.42 Å². The third-order valence-corrected chi connectivity index (χ3v) is 7.09. The van der Waals surface area contributed by atoms with Gasteiger partial charge in [0.2, 0.25) is 0 Å². The van der Waals surface area contributed by atoms with Crippen LogP contribution in [0.15, 0.2) is 77.7 Å². The van der Waals surface area contributed by atoms with E-state index < -0.39 is 10.0 Å². The Labute approximate surface area is 176 Å². The Morgan fingerprint density at radius 1 is 1.00 bits per heavy atom. The molecule has 0 spiro atoms. The van der Waals surface area contributed by atoms with E-state index in [2.05, 4.69) is 0 Å². The molecule has 0 N–H and O–H groups in total. The summed E-state index contributed by atoms with van der Waals surface area (Å²) in [7, 11) is -0.711. The first-order chi connectivity index (χ1) is 14.4. The van der Waals surface area contributed by atoms with Gasteiger partial charge in [-0.2, -0.15) is 0 Å². The zero-order valence-electron chi connectivity index (χ0n) is 16.8. The largest absolute Gasteiger partial charge is 0.496 e. The van der Waals surface area contributed by atoms with E-state index in [1.165, 1.54) is 34.5 Å². The van der Waals surface area contributed by atoms with Crippen molar-refractivity contribution in [2.45, 2.75) is 11.3 Å². The minimum Gasteiger partial charge on any atom is -0.496 e. The van der Waals surface area contributed by atoms with E-state index in [1.54, 1.807) is 13.1 Å². The average Bonchev–Trinajstić information content (AvgIpc) is 3.23. The second-order valence-electron chi connectivity index (χ2n) is 7.02. The molecule has 0 bridgehead atoms. The molecule has 4 rings (SSSR count). The summed E-state index contributed by atoms with van der Waals surface area (Å²) in [5.41, 5.74) is 2.57. The van der Waals surface area contributed by atoms with Crippen LogP contribution in [0.4, 0.5) is 11.4 Å². The van der Waals surface area contributed by atoms with Gasteiger partial charge in [-0.1, -0.05) is 36.4 Å². The molecule has 0 saturated carbocycles. The van der Waals surface area contributed by atoms with Gasteiger partial charge in [0.1, 0.15) is 5.75 Å². The predicted molar refractivity (Wildman–Crippen MR) is 117 cm³/mol. The van der Waals surface area contributed by atoms with Gasteiger partial charge in [0.25, 0.3) is 15.9 Å². The van der Waals surface area contributed by atoms with Crippen molar-refractivity contribution in [1.29, 1.82) is 0 Å². The molecule has 0 atom stereocenters. The van der Waals surface area contributed by atoms with Gasteiger partial charge in [-0.05, 0) is 48.4 Å². The van der Waals surface area contributed by atoms with Crippen LogP contribution in [0.2, 0.25) is 0 Å². The van der Waals surface area contributed by atoms with Gasteiger partial charge in [0, 0.05) is 19.3 Å². The number of carbonyl (C=O) groups excluding carboxylic acids is 1. The number of carbonyl (C=O) groups is 1. The molecular formula is C23H22N2O4S. The molecule has 0 saturated heterocycles. The van der Waals surface area contributed by atoms with Gasteiger partial charge in [0.15, 0.2) is 0 Å². The Balaban J connectivity index is 1.74. The number of sulfonamides is 1. The predicted octanol–water partition coefficient (Wildman–Crippen LogP) is 3.72. The minimum absolute atomic E-state index is 0.0600. The average molecular weight is 423 g/mol. The van der Waals surface area contributed by atoms with E-state index >= 15 is 0 Å². The number of fused-ring (bicyclic) bond motifs is 1. The maximum Gasteiger partial charge on any atom is 0.264 e. The molecule has 7 heteroatoms. The zero-order valence-corrected chi connectivity index (χ0v) is 17.6. The lowest BCUT2D eigenvalue weighted by Crippen LogP contribution is -2.30. The summed E-state index contributed by atoms with van der Waals surface area (Å²) in [6.45, 7) is 0.376. The summed E-state index contributed by atoms with van der Waals surface area (Å²) < 4.78 is 33.5.